The molecule has 0 spiro atoms. The van der Waals surface area contributed by atoms with E-state index in [9.17, 15) is 13.2 Å². The highest BCUT2D eigenvalue weighted by atomic mass is 32.2. The Kier molecular flexibility index (Phi) is 3.39. The number of nitrogens with zero attached hydrogens (tertiary/aromatic N) is 1. The van der Waals surface area contributed by atoms with Gasteiger partial charge in [-0.25, -0.2) is 8.42 Å². The van der Waals surface area contributed by atoms with Crippen LogP contribution in [-0.4, -0.2) is 42.5 Å². The molecule has 1 aromatic rings. The summed E-state index contributed by atoms with van der Waals surface area (Å²) in [6, 6.07) is 4.51. The molecule has 1 saturated heterocycles. The van der Waals surface area contributed by atoms with E-state index < -0.39 is 22.0 Å². The van der Waals surface area contributed by atoms with Gasteiger partial charge in [0.25, 0.3) is 0 Å². The Labute approximate surface area is 135 Å². The van der Waals surface area contributed by atoms with Crippen LogP contribution in [0.1, 0.15) is 31.2 Å². The Hall–Kier alpha value is -1.60. The lowest BCUT2D eigenvalue weighted by Gasteiger charge is -2.33. The van der Waals surface area contributed by atoms with E-state index in [1.807, 2.05) is 0 Å². The fraction of sp³-hybridized carbons (Fsp3) is 0.562. The summed E-state index contributed by atoms with van der Waals surface area (Å²) in [5.74, 6) is -0.151. The van der Waals surface area contributed by atoms with E-state index in [1.54, 1.807) is 18.2 Å². The van der Waals surface area contributed by atoms with Gasteiger partial charge in [-0.2, -0.15) is 4.31 Å². The molecule has 0 unspecified atom stereocenters. The van der Waals surface area contributed by atoms with Crippen molar-refractivity contribution in [3.05, 3.63) is 23.8 Å². The van der Waals surface area contributed by atoms with Gasteiger partial charge in [-0.05, 0) is 36.8 Å². The zero-order valence-electron chi connectivity index (χ0n) is 12.6. The van der Waals surface area contributed by atoms with Crippen LogP contribution in [0.2, 0.25) is 0 Å². The maximum atomic E-state index is 13.1. The third kappa shape index (κ3) is 2.33. The number of rotatable bonds is 4. The van der Waals surface area contributed by atoms with Gasteiger partial charge in [0.05, 0.1) is 17.9 Å². The molecule has 4 rings (SSSR count). The second-order valence-corrected chi connectivity index (χ2v) is 8.44. The van der Waals surface area contributed by atoms with E-state index in [2.05, 4.69) is 0 Å². The summed E-state index contributed by atoms with van der Waals surface area (Å²) in [4.78, 5) is 11.4. The van der Waals surface area contributed by atoms with E-state index in [1.165, 1.54) is 4.31 Å². The maximum Gasteiger partial charge on any atom is 0.304 e. The summed E-state index contributed by atoms with van der Waals surface area (Å²) in [5.41, 5.74) is 1.02. The lowest BCUT2D eigenvalue weighted by Crippen LogP contribution is -2.45. The molecule has 1 N–H and O–H groups in total. The summed E-state index contributed by atoms with van der Waals surface area (Å²) in [6.07, 6.45) is 3.19. The Morgan fingerprint density at radius 3 is 2.96 bits per heavy atom. The number of piperidine rings is 1. The van der Waals surface area contributed by atoms with Gasteiger partial charge in [-0.3, -0.25) is 4.79 Å². The first-order valence-corrected chi connectivity index (χ1v) is 9.42. The van der Waals surface area contributed by atoms with Gasteiger partial charge in [0.2, 0.25) is 10.0 Å². The van der Waals surface area contributed by atoms with Crippen LogP contribution in [0, 0.1) is 5.92 Å². The minimum atomic E-state index is -3.70. The number of sulfonamides is 1. The number of ether oxygens (including phenoxy) is 1. The lowest BCUT2D eigenvalue weighted by atomic mass is 9.97. The van der Waals surface area contributed by atoms with Gasteiger partial charge >= 0.3 is 5.97 Å². The second-order valence-electron chi connectivity index (χ2n) is 6.60. The summed E-state index contributed by atoms with van der Waals surface area (Å²) in [5, 5.41) is 9.14. The van der Waals surface area contributed by atoms with Gasteiger partial charge in [0.15, 0.2) is 0 Å². The number of carbonyl (C=O) groups is 1. The zero-order valence-corrected chi connectivity index (χ0v) is 13.5. The van der Waals surface area contributed by atoms with Crippen LogP contribution in [0.3, 0.4) is 0 Å². The van der Waals surface area contributed by atoms with E-state index in [4.69, 9.17) is 9.84 Å². The summed E-state index contributed by atoms with van der Waals surface area (Å²) in [7, 11) is -3.70. The van der Waals surface area contributed by atoms with Crippen molar-refractivity contribution >= 4 is 16.0 Å². The van der Waals surface area contributed by atoms with Gasteiger partial charge < -0.3 is 9.84 Å². The van der Waals surface area contributed by atoms with Gasteiger partial charge in [0.1, 0.15) is 5.75 Å². The number of fused-ring (bicyclic) bond motifs is 3. The van der Waals surface area contributed by atoms with Crippen LogP contribution in [0.15, 0.2) is 23.1 Å². The van der Waals surface area contributed by atoms with E-state index >= 15 is 0 Å². The van der Waals surface area contributed by atoms with Crippen molar-refractivity contribution in [3.8, 4) is 5.75 Å². The number of carboxylic acids is 1. The van der Waals surface area contributed by atoms with Crippen molar-refractivity contribution in [1.82, 2.24) is 4.31 Å². The zero-order chi connectivity index (χ0) is 16.2. The molecule has 0 amide bonds. The topological polar surface area (TPSA) is 83.9 Å². The molecule has 6 nitrogen and oxygen atoms in total. The molecule has 1 aromatic carbocycles. The molecule has 1 aliphatic carbocycles. The predicted octanol–water partition coefficient (Wildman–Crippen LogP) is 1.64. The lowest BCUT2D eigenvalue weighted by molar-refractivity contribution is -0.138. The van der Waals surface area contributed by atoms with Crippen molar-refractivity contribution in [3.63, 3.8) is 0 Å². The maximum absolute atomic E-state index is 13.1. The highest BCUT2D eigenvalue weighted by Gasteiger charge is 2.52. The van der Waals surface area contributed by atoms with E-state index in [-0.39, 0.29) is 23.3 Å². The monoisotopic (exact) mass is 337 g/mol. The quantitative estimate of drug-likeness (QED) is 0.903. The van der Waals surface area contributed by atoms with E-state index in [0.29, 0.717) is 12.4 Å². The normalized spacial score (nSPS) is 29.5. The Morgan fingerprint density at radius 1 is 1.35 bits per heavy atom. The Bertz CT molecular complexity index is 760. The number of benzene rings is 1. The Balaban J connectivity index is 1.71. The van der Waals surface area contributed by atoms with Crippen LogP contribution >= 0.6 is 0 Å². The minimum Gasteiger partial charge on any atom is -0.493 e. The standard InChI is InChI=1S/C16H19NO5S/c18-16(19)9-14-11-1-3-12(7-11)17(14)23(20,21)13-4-2-10-5-6-22-15(10)8-13/h2,4,8,11-12,14H,1,3,5-7,9H2,(H,18,19)/t11-,12+,14+/m0/s1. The van der Waals surface area contributed by atoms with Crippen LogP contribution in [0.4, 0.5) is 0 Å². The molecule has 7 heteroatoms. The molecule has 3 atom stereocenters. The molecule has 23 heavy (non-hydrogen) atoms. The van der Waals surface area contributed by atoms with Gasteiger partial charge in [0, 0.05) is 24.6 Å². The average Bonchev–Trinajstić information content (AvgIpc) is 3.20. The molecule has 0 radical (unpaired) electrons. The summed E-state index contributed by atoms with van der Waals surface area (Å²) in [6.45, 7) is 0.578. The highest BCUT2D eigenvalue weighted by Crippen LogP contribution is 2.46. The minimum absolute atomic E-state index is 0.0662. The average molecular weight is 337 g/mol. The molecule has 2 fully saturated rings. The molecule has 2 heterocycles. The predicted molar refractivity (Wildman–Crippen MR) is 81.8 cm³/mol. The molecule has 0 aromatic heterocycles. The first-order valence-electron chi connectivity index (χ1n) is 7.98. The first-order chi connectivity index (χ1) is 11.0. The molecule has 1 saturated carbocycles. The van der Waals surface area contributed by atoms with Crippen molar-refractivity contribution in [2.45, 2.75) is 49.1 Å². The SMILES string of the molecule is O=C(O)C[C@@H]1[C@H]2CC[C@H](C2)N1S(=O)(=O)c1ccc2c(c1)OCC2. The van der Waals surface area contributed by atoms with Crippen LogP contribution in [-0.2, 0) is 21.2 Å². The van der Waals surface area contributed by atoms with Crippen LogP contribution in [0.25, 0.3) is 0 Å². The molecular weight excluding hydrogens is 318 g/mol. The third-order valence-electron chi connectivity index (χ3n) is 5.30. The highest BCUT2D eigenvalue weighted by molar-refractivity contribution is 7.89. The van der Waals surface area contributed by atoms with Crippen molar-refractivity contribution in [2.24, 2.45) is 5.92 Å². The van der Waals surface area contributed by atoms with Crippen molar-refractivity contribution in [1.29, 1.82) is 0 Å². The van der Waals surface area contributed by atoms with Crippen LogP contribution < -0.4 is 4.74 Å². The summed E-state index contributed by atoms with van der Waals surface area (Å²) >= 11 is 0. The molecule has 2 bridgehead atoms. The number of carboxylic acid groups (broad SMARTS) is 1. The number of hydrogen-bond donors (Lipinski definition) is 1. The summed E-state index contributed by atoms with van der Waals surface area (Å²) < 4.78 is 33.1. The van der Waals surface area contributed by atoms with Crippen molar-refractivity contribution in [2.75, 3.05) is 6.61 Å². The first kappa shape index (κ1) is 15.0. The number of aliphatic carboxylic acids is 1. The second kappa shape index (κ2) is 5.21. The van der Waals surface area contributed by atoms with Gasteiger partial charge in [-0.1, -0.05) is 6.07 Å². The molecule has 3 aliphatic rings. The van der Waals surface area contributed by atoms with E-state index in [0.717, 1.165) is 31.2 Å². The van der Waals surface area contributed by atoms with Crippen LogP contribution in [0.5, 0.6) is 5.75 Å². The largest absolute Gasteiger partial charge is 0.493 e. The fourth-order valence-electron chi connectivity index (χ4n) is 4.29. The van der Waals surface area contributed by atoms with Gasteiger partial charge in [-0.15, -0.1) is 0 Å². The molecule has 124 valence electrons. The molecular formula is C16H19NO5S. The third-order valence-corrected chi connectivity index (χ3v) is 7.28. The Morgan fingerprint density at radius 2 is 2.17 bits per heavy atom. The molecule has 2 aliphatic heterocycles. The smallest absolute Gasteiger partial charge is 0.304 e. The fourth-order valence-corrected chi connectivity index (χ4v) is 6.22. The number of hydrogen-bond acceptors (Lipinski definition) is 4. The van der Waals surface area contributed by atoms with Crippen molar-refractivity contribution < 1.29 is 23.1 Å².